The summed E-state index contributed by atoms with van der Waals surface area (Å²) < 4.78 is 42.9. The number of hydrogen-bond acceptors (Lipinski definition) is 5. The lowest BCUT2D eigenvalue weighted by molar-refractivity contribution is -0.221. The molecule has 0 unspecified atom stereocenters. The van der Waals surface area contributed by atoms with Gasteiger partial charge in [-0.15, -0.1) is 11.3 Å². The van der Waals surface area contributed by atoms with E-state index in [1.54, 1.807) is 4.90 Å². The molecule has 3 rings (SSSR count). The SMILES string of the molecule is FC(F)(F)[C@H]1CN(c2ncnc3sccc23)CCO1. The van der Waals surface area contributed by atoms with Crippen LogP contribution in [0.5, 0.6) is 0 Å². The number of halogens is 3. The fourth-order valence-corrected chi connectivity index (χ4v) is 2.80. The average molecular weight is 289 g/mol. The van der Waals surface area contributed by atoms with Gasteiger partial charge in [0.05, 0.1) is 18.5 Å². The van der Waals surface area contributed by atoms with E-state index in [0.717, 1.165) is 10.2 Å². The van der Waals surface area contributed by atoms with Crippen molar-refractivity contribution in [1.29, 1.82) is 0 Å². The first-order valence-corrected chi connectivity index (χ1v) is 6.55. The summed E-state index contributed by atoms with van der Waals surface area (Å²) in [5.74, 6) is 0.545. The van der Waals surface area contributed by atoms with Gasteiger partial charge in [-0.2, -0.15) is 13.2 Å². The summed E-state index contributed by atoms with van der Waals surface area (Å²) in [5.41, 5.74) is 0. The average Bonchev–Trinajstić information content (AvgIpc) is 2.86. The van der Waals surface area contributed by atoms with Gasteiger partial charge in [0.2, 0.25) is 0 Å². The van der Waals surface area contributed by atoms with Crippen LogP contribution in [0, 0.1) is 0 Å². The van der Waals surface area contributed by atoms with Crippen LogP contribution in [-0.4, -0.2) is 41.9 Å². The van der Waals surface area contributed by atoms with Crippen LogP contribution in [0.3, 0.4) is 0 Å². The number of aromatic nitrogens is 2. The Morgan fingerprint density at radius 3 is 3.00 bits per heavy atom. The van der Waals surface area contributed by atoms with Crippen molar-refractivity contribution in [3.05, 3.63) is 17.8 Å². The molecule has 0 amide bonds. The molecular formula is C11H10F3N3OS. The van der Waals surface area contributed by atoms with Gasteiger partial charge in [0.1, 0.15) is 17.0 Å². The Morgan fingerprint density at radius 1 is 1.37 bits per heavy atom. The van der Waals surface area contributed by atoms with Crippen molar-refractivity contribution in [2.45, 2.75) is 12.3 Å². The molecular weight excluding hydrogens is 279 g/mol. The fraction of sp³-hybridized carbons (Fsp3) is 0.455. The first-order chi connectivity index (χ1) is 9.05. The molecule has 0 radical (unpaired) electrons. The number of thiophene rings is 1. The lowest BCUT2D eigenvalue weighted by Crippen LogP contribution is -2.49. The quantitative estimate of drug-likeness (QED) is 0.808. The Bertz CT molecular complexity index is 586. The smallest absolute Gasteiger partial charge is 0.365 e. The molecule has 1 atom stereocenters. The summed E-state index contributed by atoms with van der Waals surface area (Å²) in [6.45, 7) is 0.208. The molecule has 1 aliphatic rings. The molecule has 0 aromatic carbocycles. The summed E-state index contributed by atoms with van der Waals surface area (Å²) in [6.07, 6.45) is -4.73. The van der Waals surface area contributed by atoms with Gasteiger partial charge in [-0.25, -0.2) is 9.97 Å². The fourth-order valence-electron chi connectivity index (χ4n) is 2.07. The lowest BCUT2D eigenvalue weighted by Gasteiger charge is -2.34. The predicted molar refractivity (Wildman–Crippen MR) is 65.4 cm³/mol. The van der Waals surface area contributed by atoms with E-state index in [-0.39, 0.29) is 13.2 Å². The van der Waals surface area contributed by atoms with Crippen molar-refractivity contribution < 1.29 is 17.9 Å². The van der Waals surface area contributed by atoms with E-state index in [4.69, 9.17) is 4.74 Å². The largest absolute Gasteiger partial charge is 0.416 e. The molecule has 1 aliphatic heterocycles. The molecule has 19 heavy (non-hydrogen) atoms. The van der Waals surface area contributed by atoms with Crippen LogP contribution in [0.2, 0.25) is 0 Å². The Kier molecular flexibility index (Phi) is 3.06. The third-order valence-electron chi connectivity index (χ3n) is 2.97. The van der Waals surface area contributed by atoms with Gasteiger partial charge in [0.25, 0.3) is 0 Å². The molecule has 102 valence electrons. The Morgan fingerprint density at radius 2 is 2.21 bits per heavy atom. The molecule has 0 bridgehead atoms. The van der Waals surface area contributed by atoms with E-state index in [1.807, 2.05) is 11.4 Å². The molecule has 2 aromatic heterocycles. The monoisotopic (exact) mass is 289 g/mol. The normalized spacial score (nSPS) is 21.0. The van der Waals surface area contributed by atoms with Gasteiger partial charge in [0.15, 0.2) is 6.10 Å². The summed E-state index contributed by atoms with van der Waals surface area (Å²) in [5, 5.41) is 2.64. The number of anilines is 1. The summed E-state index contributed by atoms with van der Waals surface area (Å²) >= 11 is 1.44. The van der Waals surface area contributed by atoms with Crippen molar-refractivity contribution in [2.75, 3.05) is 24.6 Å². The van der Waals surface area contributed by atoms with Crippen LogP contribution >= 0.6 is 11.3 Å². The molecule has 4 nitrogen and oxygen atoms in total. The number of morpholine rings is 1. The second-order valence-corrected chi connectivity index (χ2v) is 5.08. The molecule has 1 saturated heterocycles. The maximum absolute atomic E-state index is 12.7. The van der Waals surface area contributed by atoms with Crippen LogP contribution in [0.1, 0.15) is 0 Å². The molecule has 1 fully saturated rings. The van der Waals surface area contributed by atoms with E-state index in [2.05, 4.69) is 9.97 Å². The highest BCUT2D eigenvalue weighted by atomic mass is 32.1. The van der Waals surface area contributed by atoms with Crippen molar-refractivity contribution >= 4 is 27.4 Å². The van der Waals surface area contributed by atoms with Crippen LogP contribution in [0.4, 0.5) is 19.0 Å². The maximum Gasteiger partial charge on any atom is 0.416 e. The third kappa shape index (κ3) is 2.37. The molecule has 0 aliphatic carbocycles. The second-order valence-electron chi connectivity index (χ2n) is 4.18. The summed E-state index contributed by atoms with van der Waals surface area (Å²) in [6, 6.07) is 1.83. The van der Waals surface area contributed by atoms with Crippen LogP contribution in [0.25, 0.3) is 10.2 Å². The van der Waals surface area contributed by atoms with Crippen LogP contribution in [0.15, 0.2) is 17.8 Å². The zero-order valence-electron chi connectivity index (χ0n) is 9.72. The Hall–Kier alpha value is -1.41. The predicted octanol–water partition coefficient (Wildman–Crippen LogP) is 2.46. The third-order valence-corrected chi connectivity index (χ3v) is 3.79. The van der Waals surface area contributed by atoms with Crippen molar-refractivity contribution in [3.63, 3.8) is 0 Å². The maximum atomic E-state index is 12.7. The van der Waals surface area contributed by atoms with Crippen molar-refractivity contribution in [1.82, 2.24) is 9.97 Å². The number of fused-ring (bicyclic) bond motifs is 1. The van der Waals surface area contributed by atoms with E-state index in [0.29, 0.717) is 12.4 Å². The zero-order chi connectivity index (χ0) is 13.5. The van der Waals surface area contributed by atoms with Gasteiger partial charge >= 0.3 is 6.18 Å². The van der Waals surface area contributed by atoms with E-state index in [1.165, 1.54) is 17.7 Å². The van der Waals surface area contributed by atoms with Crippen molar-refractivity contribution in [3.8, 4) is 0 Å². The lowest BCUT2D eigenvalue weighted by atomic mass is 10.2. The highest BCUT2D eigenvalue weighted by molar-refractivity contribution is 7.16. The zero-order valence-corrected chi connectivity index (χ0v) is 10.5. The minimum Gasteiger partial charge on any atom is -0.365 e. The highest BCUT2D eigenvalue weighted by Crippen LogP contribution is 2.31. The minimum atomic E-state index is -4.35. The Labute approximate surface area is 110 Å². The molecule has 8 heteroatoms. The Balaban J connectivity index is 1.91. The van der Waals surface area contributed by atoms with Gasteiger partial charge in [-0.1, -0.05) is 0 Å². The molecule has 0 saturated carbocycles. The molecule has 0 spiro atoms. The van der Waals surface area contributed by atoms with Crippen LogP contribution < -0.4 is 4.90 Å². The first kappa shape index (κ1) is 12.6. The minimum absolute atomic E-state index is 0.0415. The number of hydrogen-bond donors (Lipinski definition) is 0. The standard InChI is InChI=1S/C11H10F3N3OS/c12-11(13,14)8-5-17(2-3-18-8)9-7-1-4-19-10(7)16-6-15-9/h1,4,6,8H,2-3,5H2/t8-/m1/s1. The topological polar surface area (TPSA) is 38.2 Å². The number of nitrogens with zero attached hydrogens (tertiary/aromatic N) is 3. The molecule has 0 N–H and O–H groups in total. The second kappa shape index (κ2) is 4.61. The summed E-state index contributed by atoms with van der Waals surface area (Å²) in [7, 11) is 0. The van der Waals surface area contributed by atoms with E-state index in [9.17, 15) is 13.2 Å². The molecule has 3 heterocycles. The van der Waals surface area contributed by atoms with E-state index >= 15 is 0 Å². The number of ether oxygens (including phenoxy) is 1. The van der Waals surface area contributed by atoms with Gasteiger partial charge in [-0.05, 0) is 11.4 Å². The molecule has 2 aromatic rings. The number of alkyl halides is 3. The highest BCUT2D eigenvalue weighted by Gasteiger charge is 2.43. The van der Waals surface area contributed by atoms with Gasteiger partial charge in [-0.3, -0.25) is 0 Å². The van der Waals surface area contributed by atoms with Crippen molar-refractivity contribution in [2.24, 2.45) is 0 Å². The first-order valence-electron chi connectivity index (χ1n) is 5.67. The van der Waals surface area contributed by atoms with E-state index < -0.39 is 12.3 Å². The number of rotatable bonds is 1. The van der Waals surface area contributed by atoms with Gasteiger partial charge in [0, 0.05) is 6.54 Å². The summed E-state index contributed by atoms with van der Waals surface area (Å²) in [4.78, 5) is 10.6. The van der Waals surface area contributed by atoms with Crippen LogP contribution in [-0.2, 0) is 4.74 Å². The van der Waals surface area contributed by atoms with Gasteiger partial charge < -0.3 is 9.64 Å².